The summed E-state index contributed by atoms with van der Waals surface area (Å²) in [5.41, 5.74) is 1.00. The number of hydrogen-bond acceptors (Lipinski definition) is 4. The van der Waals surface area contributed by atoms with Gasteiger partial charge >= 0.3 is 182 Å². The van der Waals surface area contributed by atoms with Crippen molar-refractivity contribution in [3.05, 3.63) is 91.6 Å². The van der Waals surface area contributed by atoms with E-state index >= 15 is 0 Å². The second-order valence-electron chi connectivity index (χ2n) is 6.53. The van der Waals surface area contributed by atoms with Gasteiger partial charge in [0.25, 0.3) is 0 Å². The average molecular weight is 524 g/mol. The number of aryl methyl sites for hydroxylation is 1. The average Bonchev–Trinajstić information content (AvgIpc) is 2.74. The van der Waals surface area contributed by atoms with Crippen molar-refractivity contribution in [2.45, 2.75) is 31.6 Å². The first-order valence-electron chi connectivity index (χ1n) is 9.49. The molecule has 154 valence electrons. The van der Waals surface area contributed by atoms with E-state index in [9.17, 15) is 8.42 Å². The molecule has 0 saturated heterocycles. The molecule has 0 aliphatic heterocycles. The van der Waals surface area contributed by atoms with E-state index in [4.69, 9.17) is 7.25 Å². The first kappa shape index (κ1) is 21.8. The Morgan fingerprint density at radius 1 is 0.828 bits per heavy atom. The van der Waals surface area contributed by atoms with E-state index in [2.05, 4.69) is 6.92 Å². The number of rotatable bonds is 9. The van der Waals surface area contributed by atoms with E-state index < -0.39 is 30.4 Å². The monoisotopic (exact) mass is 524 g/mol. The molecular formula is C23H25IO4S. The van der Waals surface area contributed by atoms with Crippen LogP contribution in [0.2, 0.25) is 0 Å². The molecule has 29 heavy (non-hydrogen) atoms. The van der Waals surface area contributed by atoms with Gasteiger partial charge in [-0.1, -0.05) is 0 Å². The molecule has 3 rings (SSSR count). The molecule has 0 fully saturated rings. The van der Waals surface area contributed by atoms with Crippen molar-refractivity contribution < 1.29 is 15.7 Å². The van der Waals surface area contributed by atoms with Gasteiger partial charge in [0.1, 0.15) is 0 Å². The van der Waals surface area contributed by atoms with Gasteiger partial charge in [0, 0.05) is 0 Å². The van der Waals surface area contributed by atoms with Crippen LogP contribution >= 0.6 is 20.2 Å². The summed E-state index contributed by atoms with van der Waals surface area (Å²) >= 11 is -2.67. The molecule has 0 aliphatic rings. The van der Waals surface area contributed by atoms with E-state index in [-0.39, 0.29) is 4.90 Å². The molecule has 0 aromatic heterocycles. The minimum atomic E-state index is -3.86. The van der Waals surface area contributed by atoms with Crippen LogP contribution < -0.4 is 4.74 Å². The van der Waals surface area contributed by atoms with Gasteiger partial charge in [-0.25, -0.2) is 0 Å². The molecule has 0 amide bonds. The van der Waals surface area contributed by atoms with Gasteiger partial charge in [-0.15, -0.1) is 0 Å². The fraction of sp³-hybridized carbons (Fsp3) is 0.217. The molecule has 0 aliphatic carbocycles. The minimum absolute atomic E-state index is 0.181. The van der Waals surface area contributed by atoms with Gasteiger partial charge in [0.2, 0.25) is 0 Å². The van der Waals surface area contributed by atoms with E-state index in [0.29, 0.717) is 6.61 Å². The molecule has 0 bridgehead atoms. The predicted octanol–water partition coefficient (Wildman–Crippen LogP) is 6.04. The van der Waals surface area contributed by atoms with E-state index in [1.54, 1.807) is 24.3 Å². The van der Waals surface area contributed by atoms with Crippen molar-refractivity contribution in [3.63, 3.8) is 0 Å². The van der Waals surface area contributed by atoms with Crippen LogP contribution in [-0.4, -0.2) is 15.0 Å². The zero-order valence-electron chi connectivity index (χ0n) is 16.5. The predicted molar refractivity (Wildman–Crippen MR) is 124 cm³/mol. The number of hydrogen-bond donors (Lipinski definition) is 0. The summed E-state index contributed by atoms with van der Waals surface area (Å²) < 4.78 is 39.3. The molecule has 0 saturated carbocycles. The molecule has 0 atom stereocenters. The maximum absolute atomic E-state index is 12.9. The molecule has 0 unspecified atom stereocenters. The molecule has 0 radical (unpaired) electrons. The normalized spacial score (nSPS) is 11.9. The first-order chi connectivity index (χ1) is 14.0. The Hall–Kier alpha value is -1.90. The molecule has 0 spiro atoms. The van der Waals surface area contributed by atoms with Gasteiger partial charge in [0.05, 0.1) is 0 Å². The Kier molecular flexibility index (Phi) is 7.69. The Balaban J connectivity index is 1.88. The Morgan fingerprint density at radius 3 is 2.07 bits per heavy atom. The van der Waals surface area contributed by atoms with Gasteiger partial charge in [-0.05, 0) is 0 Å². The SMILES string of the molecule is CCCCOc1ccc(I(OS(=O)(=O)c2ccc(C)cc2)c2ccccc2)cc1. The molecular weight excluding hydrogens is 499 g/mol. The van der Waals surface area contributed by atoms with Crippen molar-refractivity contribution in [3.8, 4) is 5.75 Å². The molecule has 4 nitrogen and oxygen atoms in total. The third kappa shape index (κ3) is 6.04. The second kappa shape index (κ2) is 10.2. The van der Waals surface area contributed by atoms with E-state index in [1.807, 2.05) is 61.5 Å². The summed E-state index contributed by atoms with van der Waals surface area (Å²) in [6.45, 7) is 4.72. The van der Waals surface area contributed by atoms with Crippen LogP contribution in [0.3, 0.4) is 0 Å². The summed E-state index contributed by atoms with van der Waals surface area (Å²) in [6.07, 6.45) is 2.08. The topological polar surface area (TPSA) is 52.6 Å². The van der Waals surface area contributed by atoms with Crippen LogP contribution in [0.1, 0.15) is 25.3 Å². The molecule has 3 aromatic rings. The number of unbranched alkanes of at least 4 members (excludes halogenated alkanes) is 1. The summed E-state index contributed by atoms with van der Waals surface area (Å²) in [5, 5.41) is 0. The molecule has 0 N–H and O–H groups in total. The number of ether oxygens (including phenoxy) is 1. The van der Waals surface area contributed by atoms with E-state index in [0.717, 1.165) is 31.3 Å². The van der Waals surface area contributed by atoms with Crippen molar-refractivity contribution >= 4 is 30.4 Å². The second-order valence-corrected chi connectivity index (χ2v) is 13.0. The zero-order chi connectivity index (χ0) is 20.7. The quantitative estimate of drug-likeness (QED) is 0.253. The first-order valence-corrected chi connectivity index (χ1v) is 13.9. The summed E-state index contributed by atoms with van der Waals surface area (Å²) in [6, 6.07) is 23.9. The van der Waals surface area contributed by atoms with Crippen LogP contribution in [0.25, 0.3) is 0 Å². The van der Waals surface area contributed by atoms with Crippen LogP contribution in [0.5, 0.6) is 5.75 Å². The van der Waals surface area contributed by atoms with E-state index in [1.165, 1.54) is 0 Å². The summed E-state index contributed by atoms with van der Waals surface area (Å²) in [7, 11) is -3.86. The third-order valence-corrected chi connectivity index (χ3v) is 11.5. The number of halogens is 1. The molecule has 6 heteroatoms. The maximum atomic E-state index is 12.9. The van der Waals surface area contributed by atoms with Crippen molar-refractivity contribution in [1.29, 1.82) is 0 Å². The molecule has 0 heterocycles. The summed E-state index contributed by atoms with van der Waals surface area (Å²) in [4.78, 5) is 0.181. The van der Waals surface area contributed by atoms with Crippen LogP contribution in [0.15, 0.2) is 83.8 Å². The third-order valence-electron chi connectivity index (χ3n) is 4.17. The Bertz CT molecular complexity index is 1000. The fourth-order valence-corrected chi connectivity index (χ4v) is 9.47. The van der Waals surface area contributed by atoms with Gasteiger partial charge in [-0.2, -0.15) is 0 Å². The zero-order valence-corrected chi connectivity index (χ0v) is 19.5. The van der Waals surface area contributed by atoms with Crippen molar-refractivity contribution in [2.75, 3.05) is 6.61 Å². The number of benzene rings is 3. The summed E-state index contributed by atoms with van der Waals surface area (Å²) in [5.74, 6) is 0.785. The Labute approximate surface area is 180 Å². The molecule has 3 aromatic carbocycles. The van der Waals surface area contributed by atoms with Gasteiger partial charge in [0.15, 0.2) is 0 Å². The van der Waals surface area contributed by atoms with Crippen molar-refractivity contribution in [1.82, 2.24) is 0 Å². The van der Waals surface area contributed by atoms with Gasteiger partial charge < -0.3 is 0 Å². The van der Waals surface area contributed by atoms with Crippen LogP contribution in [0.4, 0.5) is 0 Å². The van der Waals surface area contributed by atoms with Crippen LogP contribution in [0, 0.1) is 14.1 Å². The fourth-order valence-electron chi connectivity index (χ4n) is 2.53. The standard InChI is InChI=1S/C23H25IO4S/c1-3-4-18-27-22-14-12-21(13-15-22)24(20-8-6-5-7-9-20)28-29(25,26)23-16-10-19(2)11-17-23/h5-17H,3-4,18H2,1-2H3. The van der Waals surface area contributed by atoms with Gasteiger partial charge in [-0.3, -0.25) is 0 Å². The van der Waals surface area contributed by atoms with Crippen LogP contribution in [-0.2, 0) is 12.6 Å². The van der Waals surface area contributed by atoms with Crippen molar-refractivity contribution in [2.24, 2.45) is 0 Å². The Morgan fingerprint density at radius 2 is 1.45 bits per heavy atom.